The van der Waals surface area contributed by atoms with Crippen LogP contribution >= 0.6 is 11.6 Å². The highest BCUT2D eigenvalue weighted by atomic mass is 35.5. The number of fused-ring (bicyclic) bond motifs is 2. The van der Waals surface area contributed by atoms with E-state index in [1.54, 1.807) is 12.1 Å². The van der Waals surface area contributed by atoms with Gasteiger partial charge in [-0.25, -0.2) is 0 Å². The fourth-order valence-corrected chi connectivity index (χ4v) is 3.96. The van der Waals surface area contributed by atoms with Gasteiger partial charge in [-0.2, -0.15) is 0 Å². The van der Waals surface area contributed by atoms with Crippen molar-refractivity contribution in [3.8, 4) is 11.5 Å². The van der Waals surface area contributed by atoms with Gasteiger partial charge in [0.2, 0.25) is 6.79 Å². The maximum atomic E-state index is 12.8. The van der Waals surface area contributed by atoms with Crippen molar-refractivity contribution in [2.75, 3.05) is 33.0 Å². The quantitative estimate of drug-likeness (QED) is 0.860. The van der Waals surface area contributed by atoms with Gasteiger partial charge in [0.1, 0.15) is 0 Å². The first-order valence-corrected chi connectivity index (χ1v) is 8.19. The highest BCUT2D eigenvalue weighted by Gasteiger charge is 2.32. The molecule has 0 spiro atoms. The van der Waals surface area contributed by atoms with Crippen LogP contribution in [-0.2, 0) is 0 Å². The third-order valence-electron chi connectivity index (χ3n) is 4.98. The maximum Gasteiger partial charge on any atom is 0.254 e. The molecule has 22 heavy (non-hydrogen) atoms. The molecule has 2 fully saturated rings. The molecule has 0 aromatic heterocycles. The zero-order valence-electron chi connectivity index (χ0n) is 12.3. The van der Waals surface area contributed by atoms with E-state index >= 15 is 0 Å². The summed E-state index contributed by atoms with van der Waals surface area (Å²) in [6.07, 6.45) is 2.14. The lowest BCUT2D eigenvalue weighted by Gasteiger charge is -2.21. The molecule has 1 N–H and O–H groups in total. The third-order valence-corrected chi connectivity index (χ3v) is 5.26. The van der Waals surface area contributed by atoms with Crippen LogP contribution in [-0.4, -0.2) is 43.8 Å². The van der Waals surface area contributed by atoms with Crippen molar-refractivity contribution in [3.05, 3.63) is 22.7 Å². The standard InChI is InChI=1S/C16H19ClN2O3/c17-13-5-12(6-14-15(13)22-9-21-14)16(20)19-3-1-10-7-18-8-11(10)2-4-19/h5-6,10-11,18H,1-4,7-9H2/t10-,11+. The molecule has 0 unspecified atom stereocenters. The SMILES string of the molecule is O=C(c1cc(Cl)c2c(c1)OCO2)N1CC[C@@H]2CNC[C@@H]2CC1. The van der Waals surface area contributed by atoms with Crippen molar-refractivity contribution in [3.63, 3.8) is 0 Å². The van der Waals surface area contributed by atoms with E-state index in [9.17, 15) is 4.79 Å². The Morgan fingerprint density at radius 2 is 1.91 bits per heavy atom. The zero-order chi connectivity index (χ0) is 15.1. The molecular weight excluding hydrogens is 304 g/mol. The summed E-state index contributed by atoms with van der Waals surface area (Å²) in [6, 6.07) is 3.43. The summed E-state index contributed by atoms with van der Waals surface area (Å²) >= 11 is 6.18. The van der Waals surface area contributed by atoms with Crippen LogP contribution in [0.15, 0.2) is 12.1 Å². The molecule has 0 aliphatic carbocycles. The molecule has 0 radical (unpaired) electrons. The molecule has 1 aromatic rings. The average molecular weight is 323 g/mol. The van der Waals surface area contributed by atoms with Crippen LogP contribution in [0.2, 0.25) is 5.02 Å². The average Bonchev–Trinajstić information content (AvgIpc) is 3.12. The van der Waals surface area contributed by atoms with Crippen molar-refractivity contribution in [2.24, 2.45) is 11.8 Å². The molecule has 118 valence electrons. The zero-order valence-corrected chi connectivity index (χ0v) is 13.1. The topological polar surface area (TPSA) is 50.8 Å². The van der Waals surface area contributed by atoms with Crippen molar-refractivity contribution >= 4 is 17.5 Å². The summed E-state index contributed by atoms with van der Waals surface area (Å²) in [5.74, 6) is 2.55. The van der Waals surface area contributed by atoms with E-state index in [0.717, 1.165) is 39.0 Å². The van der Waals surface area contributed by atoms with Gasteiger partial charge in [0, 0.05) is 18.7 Å². The highest BCUT2D eigenvalue weighted by molar-refractivity contribution is 6.32. The molecule has 5 nitrogen and oxygen atoms in total. The molecule has 4 rings (SSSR count). The molecule has 1 aromatic carbocycles. The predicted octanol–water partition coefficient (Wildman–Crippen LogP) is 2.14. The van der Waals surface area contributed by atoms with Gasteiger partial charge >= 0.3 is 0 Å². The summed E-state index contributed by atoms with van der Waals surface area (Å²) in [5.41, 5.74) is 0.583. The number of nitrogens with one attached hydrogen (secondary N) is 1. The smallest absolute Gasteiger partial charge is 0.254 e. The molecule has 6 heteroatoms. The molecule has 3 aliphatic rings. The third kappa shape index (κ3) is 2.42. The lowest BCUT2D eigenvalue weighted by Crippen LogP contribution is -2.32. The second kappa shape index (κ2) is 5.63. The van der Waals surface area contributed by atoms with E-state index in [-0.39, 0.29) is 12.7 Å². The van der Waals surface area contributed by atoms with Gasteiger partial charge < -0.3 is 19.7 Å². The van der Waals surface area contributed by atoms with E-state index in [0.29, 0.717) is 33.9 Å². The minimum absolute atomic E-state index is 0.0353. The Hall–Kier alpha value is -1.46. The maximum absolute atomic E-state index is 12.8. The summed E-state index contributed by atoms with van der Waals surface area (Å²) in [7, 11) is 0. The summed E-state index contributed by atoms with van der Waals surface area (Å²) in [5, 5.41) is 3.89. The van der Waals surface area contributed by atoms with Gasteiger partial charge in [-0.15, -0.1) is 0 Å². The van der Waals surface area contributed by atoms with Crippen molar-refractivity contribution in [2.45, 2.75) is 12.8 Å². The number of nitrogens with zero attached hydrogens (tertiary/aromatic N) is 1. The Balaban J connectivity index is 1.53. The first kappa shape index (κ1) is 14.2. The molecule has 1 amide bonds. The molecule has 0 saturated carbocycles. The van der Waals surface area contributed by atoms with Crippen LogP contribution in [0, 0.1) is 11.8 Å². The van der Waals surface area contributed by atoms with Gasteiger partial charge in [-0.1, -0.05) is 11.6 Å². The minimum atomic E-state index is 0.0353. The van der Waals surface area contributed by atoms with Gasteiger partial charge in [0.25, 0.3) is 5.91 Å². The van der Waals surface area contributed by atoms with Gasteiger partial charge in [-0.05, 0) is 49.9 Å². The molecule has 2 saturated heterocycles. The molecule has 0 bridgehead atoms. The van der Waals surface area contributed by atoms with Crippen LogP contribution in [0.1, 0.15) is 23.2 Å². The minimum Gasteiger partial charge on any atom is -0.454 e. The van der Waals surface area contributed by atoms with Crippen LogP contribution in [0.5, 0.6) is 11.5 Å². The lowest BCUT2D eigenvalue weighted by molar-refractivity contribution is 0.0758. The monoisotopic (exact) mass is 322 g/mol. The Labute approximate surface area is 134 Å². The Morgan fingerprint density at radius 1 is 1.18 bits per heavy atom. The summed E-state index contributed by atoms with van der Waals surface area (Å²) in [4.78, 5) is 14.7. The van der Waals surface area contributed by atoms with Crippen molar-refractivity contribution < 1.29 is 14.3 Å². The van der Waals surface area contributed by atoms with Gasteiger partial charge in [-0.3, -0.25) is 4.79 Å². The van der Waals surface area contributed by atoms with Gasteiger partial charge in [0.15, 0.2) is 11.5 Å². The largest absolute Gasteiger partial charge is 0.454 e. The molecule has 2 atom stereocenters. The lowest BCUT2D eigenvalue weighted by atomic mass is 9.92. The fourth-order valence-electron chi connectivity index (χ4n) is 3.69. The molecule has 3 heterocycles. The predicted molar refractivity (Wildman–Crippen MR) is 82.6 cm³/mol. The second-order valence-electron chi connectivity index (χ2n) is 6.24. The van der Waals surface area contributed by atoms with E-state index in [1.807, 2.05) is 4.90 Å². The van der Waals surface area contributed by atoms with Crippen LogP contribution in [0.25, 0.3) is 0 Å². The van der Waals surface area contributed by atoms with Crippen molar-refractivity contribution in [1.29, 1.82) is 0 Å². The van der Waals surface area contributed by atoms with Crippen molar-refractivity contribution in [1.82, 2.24) is 10.2 Å². The normalized spacial score (nSPS) is 26.7. The van der Waals surface area contributed by atoms with E-state index < -0.39 is 0 Å². The number of likely N-dealkylation sites (tertiary alicyclic amines) is 1. The fraction of sp³-hybridized carbons (Fsp3) is 0.562. The molecule has 3 aliphatic heterocycles. The number of hydrogen-bond acceptors (Lipinski definition) is 4. The van der Waals surface area contributed by atoms with Crippen LogP contribution in [0.3, 0.4) is 0 Å². The van der Waals surface area contributed by atoms with E-state index in [2.05, 4.69) is 5.32 Å². The van der Waals surface area contributed by atoms with E-state index in [1.165, 1.54) is 0 Å². The van der Waals surface area contributed by atoms with Gasteiger partial charge in [0.05, 0.1) is 5.02 Å². The Kier molecular flexibility index (Phi) is 3.62. The number of halogens is 1. The number of rotatable bonds is 1. The van der Waals surface area contributed by atoms with Crippen LogP contribution < -0.4 is 14.8 Å². The Morgan fingerprint density at radius 3 is 2.64 bits per heavy atom. The summed E-state index contributed by atoms with van der Waals surface area (Å²) in [6.45, 7) is 3.96. The number of carbonyl (C=O) groups excluding carboxylic acids is 1. The second-order valence-corrected chi connectivity index (χ2v) is 6.65. The highest BCUT2D eigenvalue weighted by Crippen LogP contribution is 2.40. The first-order chi connectivity index (χ1) is 10.7. The van der Waals surface area contributed by atoms with Crippen LogP contribution in [0.4, 0.5) is 0 Å². The number of amides is 1. The Bertz CT molecular complexity index is 593. The summed E-state index contributed by atoms with van der Waals surface area (Å²) < 4.78 is 10.7. The number of carbonyl (C=O) groups is 1. The molecular formula is C16H19ClN2O3. The number of hydrogen-bond donors (Lipinski definition) is 1. The van der Waals surface area contributed by atoms with E-state index in [4.69, 9.17) is 21.1 Å². The first-order valence-electron chi connectivity index (χ1n) is 7.81. The number of ether oxygens (including phenoxy) is 2. The number of benzene rings is 1.